The smallest absolute Gasteiger partial charge is 0.321 e. The van der Waals surface area contributed by atoms with Gasteiger partial charge in [-0.2, -0.15) is 0 Å². The second kappa shape index (κ2) is 7.31. The quantitative estimate of drug-likeness (QED) is 0.859. The summed E-state index contributed by atoms with van der Waals surface area (Å²) in [6.45, 7) is 1.32. The van der Waals surface area contributed by atoms with Crippen molar-refractivity contribution in [3.05, 3.63) is 29.3 Å². The highest BCUT2D eigenvalue weighted by atomic mass is 35.5. The molecule has 1 aromatic rings. The molecule has 2 heterocycles. The number of carbonyl (C=O) groups excluding carboxylic acids is 2. The summed E-state index contributed by atoms with van der Waals surface area (Å²) in [5, 5.41) is 12.4. The molecule has 7 nitrogen and oxygen atoms in total. The SMILES string of the molecule is O=C(O)C1CC(=O)N(C2CCN(C(=O)Nc3cccc(Cl)c3)CC2)C1. The molecule has 1 aromatic carbocycles. The lowest BCUT2D eigenvalue weighted by Crippen LogP contribution is -2.48. The molecule has 25 heavy (non-hydrogen) atoms. The number of hydrogen-bond donors (Lipinski definition) is 2. The first-order valence-corrected chi connectivity index (χ1v) is 8.65. The summed E-state index contributed by atoms with van der Waals surface area (Å²) in [5.74, 6) is -1.64. The van der Waals surface area contributed by atoms with E-state index in [0.717, 1.165) is 0 Å². The van der Waals surface area contributed by atoms with Crippen molar-refractivity contribution in [3.8, 4) is 0 Å². The Morgan fingerprint density at radius 1 is 1.24 bits per heavy atom. The second-order valence-corrected chi connectivity index (χ2v) is 6.88. The molecular weight excluding hydrogens is 346 g/mol. The number of nitrogens with one attached hydrogen (secondary N) is 1. The van der Waals surface area contributed by atoms with Crippen LogP contribution in [0.5, 0.6) is 0 Å². The van der Waals surface area contributed by atoms with E-state index < -0.39 is 11.9 Å². The largest absolute Gasteiger partial charge is 0.481 e. The zero-order chi connectivity index (χ0) is 18.0. The molecule has 1 unspecified atom stereocenters. The fraction of sp³-hybridized carbons (Fsp3) is 0.471. The molecule has 0 bridgehead atoms. The third-order valence-electron chi connectivity index (χ3n) is 4.78. The molecule has 3 rings (SSSR count). The number of likely N-dealkylation sites (tertiary alicyclic amines) is 2. The minimum atomic E-state index is -0.922. The molecule has 2 aliphatic heterocycles. The maximum Gasteiger partial charge on any atom is 0.321 e. The number of carboxylic acids is 1. The van der Waals surface area contributed by atoms with Gasteiger partial charge in [0.05, 0.1) is 5.92 Å². The standard InChI is InChI=1S/C17H20ClN3O4/c18-12-2-1-3-13(9-12)19-17(25)20-6-4-14(5-7-20)21-10-11(16(23)24)8-15(21)22/h1-3,9,11,14H,4-8,10H2,(H,19,25)(H,23,24). The maximum atomic E-state index is 12.3. The molecule has 2 fully saturated rings. The van der Waals surface area contributed by atoms with E-state index in [0.29, 0.717) is 36.6 Å². The Labute approximate surface area is 150 Å². The average molecular weight is 366 g/mol. The third-order valence-corrected chi connectivity index (χ3v) is 5.01. The number of carboxylic acid groups (broad SMARTS) is 1. The van der Waals surface area contributed by atoms with Gasteiger partial charge >= 0.3 is 12.0 Å². The van der Waals surface area contributed by atoms with E-state index in [-0.39, 0.29) is 30.9 Å². The van der Waals surface area contributed by atoms with Gasteiger partial charge in [-0.25, -0.2) is 4.79 Å². The van der Waals surface area contributed by atoms with E-state index in [4.69, 9.17) is 16.7 Å². The van der Waals surface area contributed by atoms with Gasteiger partial charge in [0.15, 0.2) is 0 Å². The predicted molar refractivity (Wildman–Crippen MR) is 92.5 cm³/mol. The van der Waals surface area contributed by atoms with Gasteiger partial charge < -0.3 is 20.2 Å². The number of aliphatic carboxylic acids is 1. The monoisotopic (exact) mass is 365 g/mol. The summed E-state index contributed by atoms with van der Waals surface area (Å²) >= 11 is 5.91. The number of piperidine rings is 1. The van der Waals surface area contributed by atoms with Crippen LogP contribution in [0.1, 0.15) is 19.3 Å². The van der Waals surface area contributed by atoms with Gasteiger partial charge in [0, 0.05) is 42.8 Å². The minimum absolute atomic E-state index is 0.00655. The van der Waals surface area contributed by atoms with Crippen LogP contribution < -0.4 is 5.32 Å². The van der Waals surface area contributed by atoms with Gasteiger partial charge in [-0.3, -0.25) is 9.59 Å². The molecule has 8 heteroatoms. The lowest BCUT2D eigenvalue weighted by atomic mass is 10.0. The Kier molecular flexibility index (Phi) is 5.13. The van der Waals surface area contributed by atoms with Crippen molar-refractivity contribution in [1.29, 1.82) is 0 Å². The van der Waals surface area contributed by atoms with Gasteiger partial charge in [0.2, 0.25) is 5.91 Å². The van der Waals surface area contributed by atoms with E-state index >= 15 is 0 Å². The van der Waals surface area contributed by atoms with Crippen molar-refractivity contribution >= 4 is 35.2 Å². The third kappa shape index (κ3) is 4.04. The van der Waals surface area contributed by atoms with Crippen molar-refractivity contribution in [2.24, 2.45) is 5.92 Å². The Morgan fingerprint density at radius 3 is 2.56 bits per heavy atom. The Bertz CT molecular complexity index is 688. The zero-order valence-corrected chi connectivity index (χ0v) is 14.4. The average Bonchev–Trinajstić information content (AvgIpc) is 2.97. The lowest BCUT2D eigenvalue weighted by molar-refractivity contribution is -0.141. The highest BCUT2D eigenvalue weighted by Crippen LogP contribution is 2.26. The molecule has 3 amide bonds. The Morgan fingerprint density at radius 2 is 1.96 bits per heavy atom. The molecular formula is C17H20ClN3O4. The van der Waals surface area contributed by atoms with Crippen LogP contribution in [0.25, 0.3) is 0 Å². The summed E-state index contributed by atoms with van der Waals surface area (Å²) in [4.78, 5) is 38.8. The summed E-state index contributed by atoms with van der Waals surface area (Å²) in [6.07, 6.45) is 1.38. The summed E-state index contributed by atoms with van der Waals surface area (Å²) in [6, 6.07) is 6.76. The first kappa shape index (κ1) is 17.5. The van der Waals surface area contributed by atoms with Crippen LogP contribution in [-0.2, 0) is 9.59 Å². The number of halogens is 1. The topological polar surface area (TPSA) is 90.0 Å². The van der Waals surface area contributed by atoms with Crippen LogP contribution >= 0.6 is 11.6 Å². The molecule has 0 aromatic heterocycles. The second-order valence-electron chi connectivity index (χ2n) is 6.44. The number of nitrogens with zero attached hydrogens (tertiary/aromatic N) is 2. The highest BCUT2D eigenvalue weighted by Gasteiger charge is 2.39. The first-order chi connectivity index (χ1) is 11.9. The number of benzene rings is 1. The number of rotatable bonds is 3. The molecule has 0 spiro atoms. The number of anilines is 1. The number of urea groups is 1. The molecule has 0 saturated carbocycles. The lowest BCUT2D eigenvalue weighted by Gasteiger charge is -2.36. The molecule has 1 atom stereocenters. The van der Waals surface area contributed by atoms with Gasteiger partial charge in [0.25, 0.3) is 0 Å². The van der Waals surface area contributed by atoms with Crippen LogP contribution in [0.3, 0.4) is 0 Å². The fourth-order valence-corrected chi connectivity index (χ4v) is 3.59. The molecule has 0 aliphatic carbocycles. The van der Waals surface area contributed by atoms with Crippen molar-refractivity contribution in [2.75, 3.05) is 25.0 Å². The van der Waals surface area contributed by atoms with Crippen LogP contribution in [0.4, 0.5) is 10.5 Å². The normalized spacial score (nSPS) is 21.5. The predicted octanol–water partition coefficient (Wildman–Crippen LogP) is 2.27. The number of hydrogen-bond acceptors (Lipinski definition) is 3. The van der Waals surface area contributed by atoms with E-state index in [1.54, 1.807) is 34.1 Å². The zero-order valence-electron chi connectivity index (χ0n) is 13.7. The van der Waals surface area contributed by atoms with Gasteiger partial charge in [0.1, 0.15) is 0 Å². The summed E-state index contributed by atoms with van der Waals surface area (Å²) in [7, 11) is 0. The molecule has 2 N–H and O–H groups in total. The van der Waals surface area contributed by atoms with Crippen LogP contribution in [0, 0.1) is 5.92 Å². The minimum Gasteiger partial charge on any atom is -0.481 e. The summed E-state index contributed by atoms with van der Waals surface area (Å²) < 4.78 is 0. The van der Waals surface area contributed by atoms with Crippen LogP contribution in [-0.4, -0.2) is 58.5 Å². The molecule has 0 radical (unpaired) electrons. The Hall–Kier alpha value is -2.28. The first-order valence-electron chi connectivity index (χ1n) is 8.28. The highest BCUT2D eigenvalue weighted by molar-refractivity contribution is 6.30. The van der Waals surface area contributed by atoms with Crippen LogP contribution in [0.15, 0.2) is 24.3 Å². The van der Waals surface area contributed by atoms with E-state index in [2.05, 4.69) is 5.32 Å². The number of carbonyl (C=O) groups is 3. The number of amides is 3. The van der Waals surface area contributed by atoms with Gasteiger partial charge in [-0.1, -0.05) is 17.7 Å². The van der Waals surface area contributed by atoms with Gasteiger partial charge in [-0.15, -0.1) is 0 Å². The Balaban J connectivity index is 1.52. The summed E-state index contributed by atoms with van der Waals surface area (Å²) in [5.41, 5.74) is 0.638. The maximum absolute atomic E-state index is 12.3. The van der Waals surface area contributed by atoms with Crippen molar-refractivity contribution in [3.63, 3.8) is 0 Å². The fourth-order valence-electron chi connectivity index (χ4n) is 3.40. The van der Waals surface area contributed by atoms with Crippen molar-refractivity contribution in [2.45, 2.75) is 25.3 Å². The van der Waals surface area contributed by atoms with Crippen molar-refractivity contribution in [1.82, 2.24) is 9.80 Å². The van der Waals surface area contributed by atoms with E-state index in [1.165, 1.54) is 0 Å². The van der Waals surface area contributed by atoms with Crippen molar-refractivity contribution < 1.29 is 19.5 Å². The molecule has 2 saturated heterocycles. The van der Waals surface area contributed by atoms with E-state index in [1.807, 2.05) is 0 Å². The molecule has 134 valence electrons. The van der Waals surface area contributed by atoms with Crippen LogP contribution in [0.2, 0.25) is 5.02 Å². The van der Waals surface area contributed by atoms with E-state index in [9.17, 15) is 14.4 Å². The van der Waals surface area contributed by atoms with Gasteiger partial charge in [-0.05, 0) is 31.0 Å². The molecule has 2 aliphatic rings.